The SMILES string of the molecule is CS(=O)(=O)c1nc(N)c2ncn(C3CCCCC3)c2n1. The molecule has 0 unspecified atom stereocenters. The predicted octanol–water partition coefficient (Wildman–Crippen LogP) is 1.32. The fourth-order valence-electron chi connectivity index (χ4n) is 2.71. The van der Waals surface area contributed by atoms with E-state index in [1.54, 1.807) is 6.33 Å². The molecule has 0 spiro atoms. The average molecular weight is 295 g/mol. The standard InChI is InChI=1S/C12H17N5O2S/c1-20(18,19)12-15-10(13)9-11(16-12)17(7-14-9)8-5-3-2-4-6-8/h7-8H,2-6H2,1H3,(H2,13,15,16). The van der Waals surface area contributed by atoms with Gasteiger partial charge in [-0.1, -0.05) is 19.3 Å². The number of imidazole rings is 1. The van der Waals surface area contributed by atoms with E-state index < -0.39 is 9.84 Å². The molecule has 0 radical (unpaired) electrons. The second-order valence-electron chi connectivity index (χ2n) is 5.28. The van der Waals surface area contributed by atoms with Crippen molar-refractivity contribution >= 4 is 26.8 Å². The van der Waals surface area contributed by atoms with E-state index in [2.05, 4.69) is 15.0 Å². The highest BCUT2D eigenvalue weighted by Gasteiger charge is 2.22. The molecular formula is C12H17N5O2S. The number of rotatable bonds is 2. The Morgan fingerprint density at radius 1 is 1.25 bits per heavy atom. The number of sulfone groups is 1. The van der Waals surface area contributed by atoms with Crippen molar-refractivity contribution in [2.75, 3.05) is 12.0 Å². The summed E-state index contributed by atoms with van der Waals surface area (Å²) in [5.41, 5.74) is 6.80. The molecule has 0 aromatic carbocycles. The lowest BCUT2D eigenvalue weighted by atomic mass is 9.95. The normalized spacial score (nSPS) is 17.6. The first-order valence-electron chi connectivity index (χ1n) is 6.67. The largest absolute Gasteiger partial charge is 0.382 e. The lowest BCUT2D eigenvalue weighted by Crippen LogP contribution is -2.14. The van der Waals surface area contributed by atoms with Gasteiger partial charge in [-0.25, -0.2) is 13.4 Å². The van der Waals surface area contributed by atoms with Crippen LogP contribution in [0.4, 0.5) is 5.82 Å². The lowest BCUT2D eigenvalue weighted by Gasteiger charge is -2.23. The Labute approximate surface area is 117 Å². The van der Waals surface area contributed by atoms with E-state index in [4.69, 9.17) is 5.73 Å². The van der Waals surface area contributed by atoms with Crippen LogP contribution >= 0.6 is 0 Å². The Kier molecular flexibility index (Phi) is 3.12. The van der Waals surface area contributed by atoms with E-state index in [0.717, 1.165) is 19.1 Å². The molecule has 2 aromatic heterocycles. The van der Waals surface area contributed by atoms with Gasteiger partial charge >= 0.3 is 0 Å². The monoisotopic (exact) mass is 295 g/mol. The predicted molar refractivity (Wildman–Crippen MR) is 75.0 cm³/mol. The Hall–Kier alpha value is -1.70. The van der Waals surface area contributed by atoms with Gasteiger partial charge in [0.2, 0.25) is 9.84 Å². The second kappa shape index (κ2) is 4.69. The summed E-state index contributed by atoms with van der Waals surface area (Å²) >= 11 is 0. The molecule has 1 aliphatic rings. The molecule has 0 bridgehead atoms. The average Bonchev–Trinajstić information content (AvgIpc) is 2.83. The van der Waals surface area contributed by atoms with Crippen molar-refractivity contribution in [3.05, 3.63) is 6.33 Å². The number of hydrogen-bond acceptors (Lipinski definition) is 6. The third-order valence-electron chi connectivity index (χ3n) is 3.73. The molecule has 0 atom stereocenters. The molecule has 1 aliphatic carbocycles. The Morgan fingerprint density at radius 2 is 1.95 bits per heavy atom. The summed E-state index contributed by atoms with van der Waals surface area (Å²) < 4.78 is 25.2. The van der Waals surface area contributed by atoms with Gasteiger partial charge in [0, 0.05) is 12.3 Å². The number of fused-ring (bicyclic) bond motifs is 1. The number of nitrogens with zero attached hydrogens (tertiary/aromatic N) is 4. The first kappa shape index (κ1) is 13.3. The van der Waals surface area contributed by atoms with Crippen molar-refractivity contribution in [2.45, 2.75) is 43.3 Å². The smallest absolute Gasteiger partial charge is 0.250 e. The van der Waals surface area contributed by atoms with Crippen molar-refractivity contribution in [1.29, 1.82) is 0 Å². The number of nitrogen functional groups attached to an aromatic ring is 1. The van der Waals surface area contributed by atoms with Gasteiger partial charge in [0.15, 0.2) is 11.5 Å². The minimum Gasteiger partial charge on any atom is -0.382 e. The topological polar surface area (TPSA) is 104 Å². The van der Waals surface area contributed by atoms with Crippen LogP contribution in [0.25, 0.3) is 11.2 Å². The Balaban J connectivity index is 2.17. The van der Waals surface area contributed by atoms with Gasteiger partial charge in [-0.05, 0) is 12.8 Å². The van der Waals surface area contributed by atoms with Crippen molar-refractivity contribution in [3.8, 4) is 0 Å². The van der Waals surface area contributed by atoms with E-state index in [1.165, 1.54) is 19.3 Å². The summed E-state index contributed by atoms with van der Waals surface area (Å²) in [6, 6.07) is 0.315. The summed E-state index contributed by atoms with van der Waals surface area (Å²) in [5.74, 6) is 0.116. The summed E-state index contributed by atoms with van der Waals surface area (Å²) in [6.45, 7) is 0. The summed E-state index contributed by atoms with van der Waals surface area (Å²) in [4.78, 5) is 12.2. The fourth-order valence-corrected chi connectivity index (χ4v) is 3.23. The van der Waals surface area contributed by atoms with Crippen LogP contribution in [0.15, 0.2) is 11.5 Å². The molecule has 0 amide bonds. The molecule has 2 aromatic rings. The maximum absolute atomic E-state index is 11.6. The molecule has 8 heteroatoms. The van der Waals surface area contributed by atoms with E-state index >= 15 is 0 Å². The van der Waals surface area contributed by atoms with Crippen molar-refractivity contribution in [2.24, 2.45) is 0 Å². The first-order valence-corrected chi connectivity index (χ1v) is 8.56. The van der Waals surface area contributed by atoms with E-state index in [-0.39, 0.29) is 11.0 Å². The van der Waals surface area contributed by atoms with Gasteiger partial charge in [-0.15, -0.1) is 0 Å². The number of nitrogens with two attached hydrogens (primary N) is 1. The summed E-state index contributed by atoms with van der Waals surface area (Å²) in [6.07, 6.45) is 8.47. The maximum Gasteiger partial charge on any atom is 0.250 e. The van der Waals surface area contributed by atoms with Crippen LogP contribution in [0.2, 0.25) is 0 Å². The second-order valence-corrected chi connectivity index (χ2v) is 7.19. The first-order chi connectivity index (χ1) is 9.47. The van der Waals surface area contributed by atoms with Crippen LogP contribution in [-0.2, 0) is 9.84 Å². The quantitative estimate of drug-likeness (QED) is 0.838. The third-order valence-corrected chi connectivity index (χ3v) is 4.57. The number of aromatic nitrogens is 4. The number of hydrogen-bond donors (Lipinski definition) is 1. The maximum atomic E-state index is 11.6. The highest BCUT2D eigenvalue weighted by Crippen LogP contribution is 2.31. The molecule has 1 fully saturated rings. The minimum absolute atomic E-state index is 0.116. The van der Waals surface area contributed by atoms with Crippen LogP contribution < -0.4 is 5.73 Å². The molecule has 108 valence electrons. The number of anilines is 1. The highest BCUT2D eigenvalue weighted by molar-refractivity contribution is 7.90. The van der Waals surface area contributed by atoms with Crippen LogP contribution in [0.5, 0.6) is 0 Å². The molecule has 0 aliphatic heterocycles. The zero-order chi connectivity index (χ0) is 14.3. The van der Waals surface area contributed by atoms with Gasteiger partial charge in [0.05, 0.1) is 6.33 Å². The van der Waals surface area contributed by atoms with Crippen LogP contribution in [0, 0.1) is 0 Å². The zero-order valence-corrected chi connectivity index (χ0v) is 12.1. The summed E-state index contributed by atoms with van der Waals surface area (Å²) in [5, 5.41) is -0.236. The molecule has 1 saturated carbocycles. The summed E-state index contributed by atoms with van der Waals surface area (Å²) in [7, 11) is -3.49. The minimum atomic E-state index is -3.49. The Morgan fingerprint density at radius 3 is 2.60 bits per heavy atom. The van der Waals surface area contributed by atoms with E-state index in [9.17, 15) is 8.42 Å². The molecular weight excluding hydrogens is 278 g/mol. The van der Waals surface area contributed by atoms with Crippen molar-refractivity contribution in [1.82, 2.24) is 19.5 Å². The lowest BCUT2D eigenvalue weighted by molar-refractivity contribution is 0.358. The molecule has 20 heavy (non-hydrogen) atoms. The van der Waals surface area contributed by atoms with Crippen molar-refractivity contribution < 1.29 is 8.42 Å². The van der Waals surface area contributed by atoms with Crippen LogP contribution in [0.1, 0.15) is 38.1 Å². The van der Waals surface area contributed by atoms with Crippen LogP contribution in [-0.4, -0.2) is 34.2 Å². The Bertz CT molecular complexity index is 747. The van der Waals surface area contributed by atoms with E-state index in [0.29, 0.717) is 17.2 Å². The highest BCUT2D eigenvalue weighted by atomic mass is 32.2. The molecule has 7 nitrogen and oxygen atoms in total. The molecule has 0 saturated heterocycles. The fraction of sp³-hybridized carbons (Fsp3) is 0.583. The van der Waals surface area contributed by atoms with Crippen LogP contribution in [0.3, 0.4) is 0 Å². The van der Waals surface area contributed by atoms with Gasteiger partial charge in [0.25, 0.3) is 5.16 Å². The third kappa shape index (κ3) is 2.24. The van der Waals surface area contributed by atoms with E-state index in [1.807, 2.05) is 4.57 Å². The van der Waals surface area contributed by atoms with Gasteiger partial charge in [0.1, 0.15) is 5.52 Å². The van der Waals surface area contributed by atoms with Gasteiger partial charge in [-0.2, -0.15) is 9.97 Å². The van der Waals surface area contributed by atoms with Gasteiger partial charge in [-0.3, -0.25) is 0 Å². The molecule has 3 rings (SSSR count). The zero-order valence-electron chi connectivity index (χ0n) is 11.3. The van der Waals surface area contributed by atoms with Gasteiger partial charge < -0.3 is 10.3 Å². The molecule has 2 heterocycles. The molecule has 2 N–H and O–H groups in total. The van der Waals surface area contributed by atoms with Crippen molar-refractivity contribution in [3.63, 3.8) is 0 Å².